The van der Waals surface area contributed by atoms with Crippen LogP contribution in [0.1, 0.15) is 66.7 Å². The first-order valence-electron chi connectivity index (χ1n) is 9.69. The van der Waals surface area contributed by atoms with Crippen LogP contribution < -0.4 is 10.6 Å². The Balaban J connectivity index is 0.000000701. The highest BCUT2D eigenvalue weighted by atomic mass is 16.5. The maximum atomic E-state index is 9.44. The molecule has 0 aromatic heterocycles. The van der Waals surface area contributed by atoms with E-state index in [1.807, 2.05) is 6.20 Å². The number of aliphatic imine (C=N–C) groups is 1. The monoisotopic (exact) mass is 349 g/mol. The second-order valence-electron chi connectivity index (χ2n) is 8.12. The summed E-state index contributed by atoms with van der Waals surface area (Å²) in [6.07, 6.45) is 9.53. The van der Waals surface area contributed by atoms with Crippen molar-refractivity contribution in [2.75, 3.05) is 6.61 Å². The van der Waals surface area contributed by atoms with Gasteiger partial charge in [0.25, 0.3) is 0 Å². The van der Waals surface area contributed by atoms with Gasteiger partial charge in [-0.25, -0.2) is 4.99 Å². The normalized spacial score (nSPS) is 28.9. The van der Waals surface area contributed by atoms with Crippen molar-refractivity contribution in [3.63, 3.8) is 0 Å². The summed E-state index contributed by atoms with van der Waals surface area (Å²) in [5.74, 6) is 0.973. The molecule has 5 nitrogen and oxygen atoms in total. The maximum absolute atomic E-state index is 9.44. The molecule has 1 saturated heterocycles. The van der Waals surface area contributed by atoms with Crippen molar-refractivity contribution in [2.24, 2.45) is 10.4 Å². The third kappa shape index (κ3) is 5.32. The van der Waals surface area contributed by atoms with E-state index in [0.29, 0.717) is 0 Å². The number of nitrogens with zero attached hydrogens (tertiary/aromatic N) is 1. The van der Waals surface area contributed by atoms with Crippen LogP contribution in [0.15, 0.2) is 28.7 Å². The van der Waals surface area contributed by atoms with Crippen LogP contribution in [0.5, 0.6) is 0 Å². The number of ether oxygens (including phenoxy) is 1. The number of aliphatic hydroxyl groups is 1. The summed E-state index contributed by atoms with van der Waals surface area (Å²) >= 11 is 0. The first kappa shape index (κ1) is 20.0. The quantitative estimate of drug-likeness (QED) is 0.714. The fraction of sp³-hybridized carbons (Fsp3) is 0.750. The van der Waals surface area contributed by atoms with Gasteiger partial charge in [-0.3, -0.25) is 0 Å². The second kappa shape index (κ2) is 8.86. The molecule has 3 unspecified atom stereocenters. The molecular formula is C20H35N3O2. The van der Waals surface area contributed by atoms with E-state index in [2.05, 4.69) is 51.3 Å². The summed E-state index contributed by atoms with van der Waals surface area (Å²) in [6, 6.07) is 0.375. The van der Waals surface area contributed by atoms with Crippen molar-refractivity contribution in [3.05, 3.63) is 23.7 Å². The van der Waals surface area contributed by atoms with Crippen molar-refractivity contribution in [1.82, 2.24) is 10.6 Å². The average Bonchev–Trinajstić information content (AvgIpc) is 2.85. The van der Waals surface area contributed by atoms with Crippen LogP contribution in [0.3, 0.4) is 0 Å². The van der Waals surface area contributed by atoms with Gasteiger partial charge in [-0.15, -0.1) is 0 Å². The van der Waals surface area contributed by atoms with Crippen molar-refractivity contribution in [2.45, 2.75) is 85.0 Å². The molecule has 3 aliphatic heterocycles. The third-order valence-electron chi connectivity index (χ3n) is 4.48. The maximum Gasteiger partial charge on any atom is 0.212 e. The first-order chi connectivity index (χ1) is 11.9. The molecule has 0 radical (unpaired) electrons. The van der Waals surface area contributed by atoms with Crippen molar-refractivity contribution >= 4 is 5.71 Å². The van der Waals surface area contributed by atoms with Crippen LogP contribution in [0.2, 0.25) is 0 Å². The Morgan fingerprint density at radius 1 is 1.24 bits per heavy atom. The Morgan fingerprint density at radius 3 is 2.56 bits per heavy atom. The van der Waals surface area contributed by atoms with Gasteiger partial charge < -0.3 is 20.5 Å². The smallest absolute Gasteiger partial charge is 0.212 e. The molecular weight excluding hydrogens is 314 g/mol. The first-order valence-corrected chi connectivity index (χ1v) is 9.69. The van der Waals surface area contributed by atoms with Gasteiger partial charge in [0, 0.05) is 23.7 Å². The van der Waals surface area contributed by atoms with E-state index in [0.717, 1.165) is 36.4 Å². The molecule has 3 atom stereocenters. The van der Waals surface area contributed by atoms with Gasteiger partial charge in [-0.05, 0) is 12.8 Å². The lowest BCUT2D eigenvalue weighted by molar-refractivity contribution is 0.118. The summed E-state index contributed by atoms with van der Waals surface area (Å²) < 4.78 is 5.95. The number of hydrogen-bond acceptors (Lipinski definition) is 5. The minimum atomic E-state index is -0.155. The van der Waals surface area contributed by atoms with Crippen LogP contribution >= 0.6 is 0 Å². The van der Waals surface area contributed by atoms with Crippen LogP contribution in [-0.2, 0) is 4.74 Å². The Bertz CT molecular complexity index is 532. The van der Waals surface area contributed by atoms with E-state index in [1.54, 1.807) is 0 Å². The molecule has 0 saturated carbocycles. The van der Waals surface area contributed by atoms with Crippen molar-refractivity contribution in [1.29, 1.82) is 0 Å². The van der Waals surface area contributed by atoms with Crippen LogP contribution in [0, 0.1) is 5.41 Å². The summed E-state index contributed by atoms with van der Waals surface area (Å²) in [4.78, 5) is 4.81. The van der Waals surface area contributed by atoms with Gasteiger partial charge in [-0.2, -0.15) is 0 Å². The molecule has 0 spiro atoms. The highest BCUT2D eigenvalue weighted by Gasteiger charge is 2.34. The molecule has 1 fully saturated rings. The highest BCUT2D eigenvalue weighted by molar-refractivity contribution is 6.01. The van der Waals surface area contributed by atoms with E-state index < -0.39 is 0 Å². The molecule has 0 aromatic carbocycles. The molecule has 0 amide bonds. The number of hydrogen-bond donors (Lipinski definition) is 3. The van der Waals surface area contributed by atoms with E-state index >= 15 is 0 Å². The number of fused-ring (bicyclic) bond motifs is 1. The van der Waals surface area contributed by atoms with Crippen LogP contribution in [-0.4, -0.2) is 35.7 Å². The molecule has 0 aromatic rings. The minimum Gasteiger partial charge on any atom is -0.469 e. The predicted octanol–water partition coefficient (Wildman–Crippen LogP) is 3.47. The third-order valence-corrected chi connectivity index (χ3v) is 4.48. The second-order valence-corrected chi connectivity index (χ2v) is 8.12. The molecule has 0 aliphatic carbocycles. The summed E-state index contributed by atoms with van der Waals surface area (Å²) in [7, 11) is 0. The number of nitrogens with one attached hydrogen (secondary N) is 2. The lowest BCUT2D eigenvalue weighted by atomic mass is 9.94. The van der Waals surface area contributed by atoms with E-state index in [4.69, 9.17) is 9.73 Å². The molecule has 25 heavy (non-hydrogen) atoms. The van der Waals surface area contributed by atoms with Gasteiger partial charge in [0.05, 0.1) is 18.3 Å². The highest BCUT2D eigenvalue weighted by Crippen LogP contribution is 2.33. The lowest BCUT2D eigenvalue weighted by Gasteiger charge is -2.26. The number of rotatable bonds is 2. The Hall–Kier alpha value is -1.33. The van der Waals surface area contributed by atoms with Gasteiger partial charge >= 0.3 is 0 Å². The molecule has 142 valence electrons. The topological polar surface area (TPSA) is 65.9 Å². The zero-order valence-electron chi connectivity index (χ0n) is 16.4. The molecule has 0 bridgehead atoms. The van der Waals surface area contributed by atoms with Gasteiger partial charge in [0.15, 0.2) is 0 Å². The minimum absolute atomic E-state index is 0.00967. The molecule has 3 heterocycles. The SMILES string of the molecule is CC(C)(C)C1=CC2=NC(C3CCCCC(CO)N3)=CNC2O1.CCC. The van der Waals surface area contributed by atoms with Crippen molar-refractivity contribution < 1.29 is 9.84 Å². The average molecular weight is 350 g/mol. The standard InChI is InChI=1S/C17H27N3O2.C3H8/c1-17(2,3)15-8-13-16(22-15)18-9-14(20-13)12-7-5-4-6-11(10-21)19-12;1-3-2/h8-9,11-12,16,18-19,21H,4-7,10H2,1-3H3;3H2,1-2H3. The Morgan fingerprint density at radius 2 is 1.92 bits per heavy atom. The van der Waals surface area contributed by atoms with E-state index in [-0.39, 0.29) is 30.3 Å². The molecule has 3 N–H and O–H groups in total. The fourth-order valence-corrected chi connectivity index (χ4v) is 3.12. The van der Waals surface area contributed by atoms with E-state index in [9.17, 15) is 5.11 Å². The Kier molecular flexibility index (Phi) is 7.08. The summed E-state index contributed by atoms with van der Waals surface area (Å²) in [6.45, 7) is 10.9. The lowest BCUT2D eigenvalue weighted by Crippen LogP contribution is -2.42. The zero-order chi connectivity index (χ0) is 18.4. The van der Waals surface area contributed by atoms with Gasteiger partial charge in [-0.1, -0.05) is 53.9 Å². The Labute approximate surface area is 152 Å². The fourth-order valence-electron chi connectivity index (χ4n) is 3.12. The van der Waals surface area contributed by atoms with Crippen LogP contribution in [0.4, 0.5) is 0 Å². The molecule has 3 rings (SSSR count). The summed E-state index contributed by atoms with van der Waals surface area (Å²) in [5.41, 5.74) is 1.96. The summed E-state index contributed by atoms with van der Waals surface area (Å²) in [5, 5.41) is 16.3. The van der Waals surface area contributed by atoms with Crippen molar-refractivity contribution in [3.8, 4) is 0 Å². The number of allylic oxidation sites excluding steroid dienone is 1. The largest absolute Gasteiger partial charge is 0.469 e. The molecule has 3 aliphatic rings. The number of aliphatic hydroxyl groups excluding tert-OH is 1. The predicted molar refractivity (Wildman–Crippen MR) is 103 cm³/mol. The van der Waals surface area contributed by atoms with Gasteiger partial charge in [0.1, 0.15) is 11.5 Å². The zero-order valence-corrected chi connectivity index (χ0v) is 16.4. The molecule has 5 heteroatoms. The van der Waals surface area contributed by atoms with E-state index in [1.165, 1.54) is 12.8 Å². The van der Waals surface area contributed by atoms with Crippen LogP contribution in [0.25, 0.3) is 0 Å². The van der Waals surface area contributed by atoms with Gasteiger partial charge in [0.2, 0.25) is 6.23 Å².